The smallest absolute Gasteiger partial charge is 0.339 e. The van der Waals surface area contributed by atoms with E-state index in [-0.39, 0.29) is 15.8 Å². The molecule has 2 rings (SSSR count). The molecule has 126 valence electrons. The molecular formula is C15H14BrN3O3S2. The standard InChI is InChI=1S/C15H14BrN3O3S2/c1-10-2-5-13(6-3-10)24(20,21)22-14-7-4-12(16)8-11(14)9-18-19-15(17)23/h2-9H,1H3,(H3,17,19,23). The topological polar surface area (TPSA) is 93.8 Å². The van der Waals surface area contributed by atoms with Crippen molar-refractivity contribution in [1.82, 2.24) is 5.43 Å². The summed E-state index contributed by atoms with van der Waals surface area (Å²) in [6.45, 7) is 1.87. The van der Waals surface area contributed by atoms with Crippen LogP contribution in [0.3, 0.4) is 0 Å². The minimum absolute atomic E-state index is 0.00371. The molecule has 0 radical (unpaired) electrons. The zero-order valence-corrected chi connectivity index (χ0v) is 15.8. The lowest BCUT2D eigenvalue weighted by Gasteiger charge is -2.10. The number of nitrogens with two attached hydrogens (primary N) is 1. The normalized spacial score (nSPS) is 11.4. The molecule has 0 unspecified atom stereocenters. The van der Waals surface area contributed by atoms with E-state index in [2.05, 4.69) is 38.7 Å². The van der Waals surface area contributed by atoms with Crippen molar-refractivity contribution in [3.63, 3.8) is 0 Å². The predicted molar refractivity (Wildman–Crippen MR) is 101 cm³/mol. The lowest BCUT2D eigenvalue weighted by Crippen LogP contribution is -2.24. The molecule has 0 atom stereocenters. The maximum atomic E-state index is 12.4. The Labute approximate surface area is 154 Å². The Morgan fingerprint density at radius 2 is 1.96 bits per heavy atom. The molecule has 0 saturated carbocycles. The number of benzene rings is 2. The van der Waals surface area contributed by atoms with Gasteiger partial charge in [0.2, 0.25) is 0 Å². The fourth-order valence-corrected chi connectivity index (χ4v) is 3.12. The first-order valence-electron chi connectivity index (χ1n) is 6.67. The Hall–Kier alpha value is -1.97. The van der Waals surface area contributed by atoms with Crippen LogP contribution < -0.4 is 15.3 Å². The van der Waals surface area contributed by atoms with Gasteiger partial charge in [0.15, 0.2) is 10.9 Å². The lowest BCUT2D eigenvalue weighted by atomic mass is 10.2. The lowest BCUT2D eigenvalue weighted by molar-refractivity contribution is 0.485. The van der Waals surface area contributed by atoms with Crippen LogP contribution in [-0.2, 0) is 10.1 Å². The fourth-order valence-electron chi connectivity index (χ4n) is 1.73. The third-order valence-electron chi connectivity index (χ3n) is 2.86. The summed E-state index contributed by atoms with van der Waals surface area (Å²) in [5.41, 5.74) is 9.07. The van der Waals surface area contributed by atoms with Gasteiger partial charge in [0.1, 0.15) is 4.90 Å². The van der Waals surface area contributed by atoms with Crippen molar-refractivity contribution in [2.24, 2.45) is 10.8 Å². The zero-order valence-electron chi connectivity index (χ0n) is 12.6. The summed E-state index contributed by atoms with van der Waals surface area (Å²) in [7, 11) is -3.95. The number of hydrogen-bond donors (Lipinski definition) is 2. The minimum Gasteiger partial charge on any atom is -0.378 e. The number of hydrazone groups is 1. The number of aryl methyl sites for hydroxylation is 1. The summed E-state index contributed by atoms with van der Waals surface area (Å²) in [4.78, 5) is 0.0696. The third kappa shape index (κ3) is 5.02. The van der Waals surface area contributed by atoms with Gasteiger partial charge in [0, 0.05) is 10.0 Å². The number of nitrogens with zero attached hydrogens (tertiary/aromatic N) is 1. The number of nitrogens with one attached hydrogen (secondary N) is 1. The Balaban J connectivity index is 2.33. The highest BCUT2D eigenvalue weighted by Gasteiger charge is 2.18. The van der Waals surface area contributed by atoms with Crippen LogP contribution in [0.5, 0.6) is 5.75 Å². The zero-order chi connectivity index (χ0) is 17.7. The highest BCUT2D eigenvalue weighted by molar-refractivity contribution is 9.10. The van der Waals surface area contributed by atoms with Crippen molar-refractivity contribution in [2.45, 2.75) is 11.8 Å². The molecule has 0 fully saturated rings. The van der Waals surface area contributed by atoms with E-state index in [1.165, 1.54) is 24.4 Å². The summed E-state index contributed by atoms with van der Waals surface area (Å²) >= 11 is 7.96. The molecule has 0 aliphatic rings. The van der Waals surface area contributed by atoms with Gasteiger partial charge in [-0.3, -0.25) is 5.43 Å². The van der Waals surface area contributed by atoms with Crippen LogP contribution in [0.2, 0.25) is 0 Å². The summed E-state index contributed by atoms with van der Waals surface area (Å²) in [6, 6.07) is 11.2. The van der Waals surface area contributed by atoms with Gasteiger partial charge in [0.05, 0.1) is 6.21 Å². The predicted octanol–water partition coefficient (Wildman–Crippen LogP) is 2.69. The highest BCUT2D eigenvalue weighted by Crippen LogP contribution is 2.25. The second-order valence-electron chi connectivity index (χ2n) is 4.77. The molecule has 6 nitrogen and oxygen atoms in total. The van der Waals surface area contributed by atoms with Crippen molar-refractivity contribution in [2.75, 3.05) is 0 Å². The molecule has 0 saturated heterocycles. The van der Waals surface area contributed by atoms with Crippen molar-refractivity contribution in [1.29, 1.82) is 0 Å². The SMILES string of the molecule is Cc1ccc(S(=O)(=O)Oc2ccc(Br)cc2C=NNC(N)=S)cc1. The second kappa shape index (κ2) is 7.73. The number of hydrogen-bond acceptors (Lipinski definition) is 5. The third-order valence-corrected chi connectivity index (χ3v) is 4.69. The molecule has 0 aromatic heterocycles. The average Bonchev–Trinajstić information content (AvgIpc) is 2.50. The van der Waals surface area contributed by atoms with Gasteiger partial charge in [-0.2, -0.15) is 13.5 Å². The van der Waals surface area contributed by atoms with Gasteiger partial charge in [-0.25, -0.2) is 0 Å². The molecule has 2 aromatic carbocycles. The first kappa shape index (κ1) is 18.4. The van der Waals surface area contributed by atoms with Crippen molar-refractivity contribution >= 4 is 49.6 Å². The van der Waals surface area contributed by atoms with Crippen molar-refractivity contribution in [3.05, 3.63) is 58.1 Å². The van der Waals surface area contributed by atoms with Crippen molar-refractivity contribution in [3.8, 4) is 5.75 Å². The van der Waals surface area contributed by atoms with E-state index in [4.69, 9.17) is 9.92 Å². The maximum absolute atomic E-state index is 12.4. The fraction of sp³-hybridized carbons (Fsp3) is 0.0667. The van der Waals surface area contributed by atoms with Crippen LogP contribution in [0.4, 0.5) is 0 Å². The van der Waals surface area contributed by atoms with Gasteiger partial charge in [0.25, 0.3) is 0 Å². The van der Waals surface area contributed by atoms with Crippen LogP contribution in [0, 0.1) is 6.92 Å². The highest BCUT2D eigenvalue weighted by atomic mass is 79.9. The Morgan fingerprint density at radius 3 is 2.58 bits per heavy atom. The summed E-state index contributed by atoms with van der Waals surface area (Å²) < 4.78 is 30.8. The molecular weight excluding hydrogens is 414 g/mol. The van der Waals surface area contributed by atoms with E-state index in [1.54, 1.807) is 24.3 Å². The van der Waals surface area contributed by atoms with Crippen LogP contribution in [0.25, 0.3) is 0 Å². The van der Waals surface area contributed by atoms with Gasteiger partial charge >= 0.3 is 10.1 Å². The Morgan fingerprint density at radius 1 is 1.29 bits per heavy atom. The molecule has 0 amide bonds. The van der Waals surface area contributed by atoms with Gasteiger partial charge < -0.3 is 9.92 Å². The van der Waals surface area contributed by atoms with Gasteiger partial charge in [-0.1, -0.05) is 33.6 Å². The van der Waals surface area contributed by atoms with Crippen LogP contribution in [0.15, 0.2) is 56.9 Å². The largest absolute Gasteiger partial charge is 0.378 e. The second-order valence-corrected chi connectivity index (χ2v) is 7.67. The van der Waals surface area contributed by atoms with E-state index >= 15 is 0 Å². The van der Waals surface area contributed by atoms with E-state index in [1.807, 2.05) is 6.92 Å². The molecule has 0 aliphatic heterocycles. The number of thiocarbonyl (C=S) groups is 1. The van der Waals surface area contributed by atoms with E-state index in [0.717, 1.165) is 10.0 Å². The first-order valence-corrected chi connectivity index (χ1v) is 9.28. The van der Waals surface area contributed by atoms with Gasteiger partial charge in [-0.15, -0.1) is 0 Å². The Bertz CT molecular complexity index is 881. The van der Waals surface area contributed by atoms with E-state index in [9.17, 15) is 8.42 Å². The average molecular weight is 428 g/mol. The van der Waals surface area contributed by atoms with Crippen molar-refractivity contribution < 1.29 is 12.6 Å². The van der Waals surface area contributed by atoms with E-state index in [0.29, 0.717) is 5.56 Å². The monoisotopic (exact) mass is 427 g/mol. The number of halogens is 1. The summed E-state index contributed by atoms with van der Waals surface area (Å²) in [6.07, 6.45) is 1.36. The van der Waals surface area contributed by atoms with Crippen LogP contribution in [0.1, 0.15) is 11.1 Å². The molecule has 9 heteroatoms. The number of rotatable bonds is 5. The molecule has 2 aromatic rings. The van der Waals surface area contributed by atoms with E-state index < -0.39 is 10.1 Å². The molecule has 0 spiro atoms. The Kier molecular flexibility index (Phi) is 5.92. The minimum atomic E-state index is -3.95. The maximum Gasteiger partial charge on any atom is 0.339 e. The molecule has 0 bridgehead atoms. The quantitative estimate of drug-likeness (QED) is 0.329. The molecule has 24 heavy (non-hydrogen) atoms. The van der Waals surface area contributed by atoms with Gasteiger partial charge in [-0.05, 0) is 49.5 Å². The molecule has 0 heterocycles. The summed E-state index contributed by atoms with van der Waals surface area (Å²) in [5, 5.41) is 3.82. The van der Waals surface area contributed by atoms with Crippen LogP contribution in [-0.4, -0.2) is 19.7 Å². The molecule has 3 N–H and O–H groups in total. The first-order chi connectivity index (χ1) is 11.3. The van der Waals surface area contributed by atoms with Crippen LogP contribution >= 0.6 is 28.1 Å². The molecule has 0 aliphatic carbocycles. The summed E-state index contributed by atoms with van der Waals surface area (Å²) in [5.74, 6) is 0.132.